The number of nitrogens with zero attached hydrogens (tertiary/aromatic N) is 1. The summed E-state index contributed by atoms with van der Waals surface area (Å²) >= 11 is 0. The molecule has 7 heteroatoms. The number of carbonyl (C=O) groups excluding carboxylic acids is 2. The second-order valence-corrected chi connectivity index (χ2v) is 5.46. The standard InChI is InChI=1S/C11H11NO5S/c1-2-7-18(15,16)17-12-10(13)8-5-3-4-6-9(8)11(12)14/h3-6H,2,7H2,1H3. The fourth-order valence-corrected chi connectivity index (χ4v) is 2.57. The van der Waals surface area contributed by atoms with E-state index >= 15 is 0 Å². The van der Waals surface area contributed by atoms with Gasteiger partial charge in [0.25, 0.3) is 21.9 Å². The molecule has 0 bridgehead atoms. The Kier molecular flexibility index (Phi) is 3.18. The summed E-state index contributed by atoms with van der Waals surface area (Å²) in [5, 5.41) is 0.301. The summed E-state index contributed by atoms with van der Waals surface area (Å²) in [4.78, 5) is 23.6. The van der Waals surface area contributed by atoms with Gasteiger partial charge < -0.3 is 0 Å². The Bertz CT molecular complexity index is 573. The summed E-state index contributed by atoms with van der Waals surface area (Å²) in [5.41, 5.74) is 0.295. The van der Waals surface area contributed by atoms with Crippen molar-refractivity contribution in [3.63, 3.8) is 0 Å². The van der Waals surface area contributed by atoms with Gasteiger partial charge in [-0.15, -0.1) is 9.35 Å². The summed E-state index contributed by atoms with van der Waals surface area (Å²) in [6, 6.07) is 6.08. The van der Waals surface area contributed by atoms with Crippen molar-refractivity contribution in [2.75, 3.05) is 5.75 Å². The summed E-state index contributed by atoms with van der Waals surface area (Å²) in [6.45, 7) is 1.66. The van der Waals surface area contributed by atoms with Gasteiger partial charge in [0.05, 0.1) is 16.9 Å². The number of carbonyl (C=O) groups is 2. The zero-order valence-corrected chi connectivity index (χ0v) is 10.4. The Morgan fingerprint density at radius 2 is 1.61 bits per heavy atom. The predicted octanol–water partition coefficient (Wildman–Crippen LogP) is 0.954. The van der Waals surface area contributed by atoms with Crippen LogP contribution in [0.2, 0.25) is 0 Å². The van der Waals surface area contributed by atoms with Gasteiger partial charge in [-0.05, 0) is 18.6 Å². The molecule has 1 aromatic carbocycles. The van der Waals surface area contributed by atoms with Gasteiger partial charge in [0.2, 0.25) is 0 Å². The van der Waals surface area contributed by atoms with Crippen molar-refractivity contribution in [3.05, 3.63) is 35.4 Å². The zero-order chi connectivity index (χ0) is 13.3. The highest BCUT2D eigenvalue weighted by Gasteiger charge is 2.39. The number of hydroxylamine groups is 2. The van der Waals surface area contributed by atoms with Crippen LogP contribution in [0.5, 0.6) is 0 Å². The lowest BCUT2D eigenvalue weighted by Crippen LogP contribution is -2.33. The molecule has 1 aliphatic heterocycles. The fourth-order valence-electron chi connectivity index (χ4n) is 1.64. The molecule has 0 aliphatic carbocycles. The number of hydrogen-bond acceptors (Lipinski definition) is 5. The summed E-state index contributed by atoms with van der Waals surface area (Å²) in [7, 11) is -3.91. The number of hydrogen-bond donors (Lipinski definition) is 0. The van der Waals surface area contributed by atoms with E-state index in [4.69, 9.17) is 0 Å². The molecule has 2 rings (SSSR count). The van der Waals surface area contributed by atoms with E-state index in [9.17, 15) is 18.0 Å². The van der Waals surface area contributed by atoms with Crippen LogP contribution in [0.15, 0.2) is 24.3 Å². The van der Waals surface area contributed by atoms with Crippen LogP contribution < -0.4 is 0 Å². The quantitative estimate of drug-likeness (QED) is 0.760. The van der Waals surface area contributed by atoms with Crippen LogP contribution in [0.4, 0.5) is 0 Å². The molecule has 0 saturated carbocycles. The number of rotatable bonds is 4. The van der Waals surface area contributed by atoms with E-state index in [1.54, 1.807) is 19.1 Å². The molecule has 1 heterocycles. The molecule has 0 atom stereocenters. The maximum Gasteiger partial charge on any atom is 0.288 e. The Balaban J connectivity index is 2.30. The third-order valence-corrected chi connectivity index (χ3v) is 3.68. The van der Waals surface area contributed by atoms with Crippen LogP contribution in [-0.4, -0.2) is 31.0 Å². The van der Waals surface area contributed by atoms with E-state index in [1.165, 1.54) is 12.1 Å². The third-order valence-electron chi connectivity index (χ3n) is 2.40. The van der Waals surface area contributed by atoms with E-state index in [0.29, 0.717) is 11.5 Å². The molecule has 0 spiro atoms. The highest BCUT2D eigenvalue weighted by Crippen LogP contribution is 2.23. The van der Waals surface area contributed by atoms with Crippen LogP contribution in [0.25, 0.3) is 0 Å². The van der Waals surface area contributed by atoms with Gasteiger partial charge in [-0.2, -0.15) is 8.42 Å². The number of fused-ring (bicyclic) bond motifs is 1. The number of amides is 2. The summed E-state index contributed by atoms with van der Waals surface area (Å²) in [5.74, 6) is -1.76. The average Bonchev–Trinajstić information content (AvgIpc) is 2.55. The topological polar surface area (TPSA) is 80.8 Å². The lowest BCUT2D eigenvalue weighted by molar-refractivity contribution is -0.0103. The first kappa shape index (κ1) is 12.7. The number of imide groups is 1. The maximum atomic E-state index is 11.8. The monoisotopic (exact) mass is 269 g/mol. The van der Waals surface area contributed by atoms with Gasteiger partial charge in [0, 0.05) is 0 Å². The molecule has 0 radical (unpaired) electrons. The Labute approximate surface area is 104 Å². The molecule has 1 aliphatic rings. The van der Waals surface area contributed by atoms with Crippen molar-refractivity contribution >= 4 is 21.9 Å². The molecule has 6 nitrogen and oxygen atoms in total. The van der Waals surface area contributed by atoms with Crippen LogP contribution in [0, 0.1) is 0 Å². The average molecular weight is 269 g/mol. The Morgan fingerprint density at radius 1 is 1.11 bits per heavy atom. The Hall–Kier alpha value is -1.73. The molecule has 0 N–H and O–H groups in total. The first-order valence-corrected chi connectivity index (χ1v) is 6.94. The predicted molar refractivity (Wildman–Crippen MR) is 62.1 cm³/mol. The molecule has 0 unspecified atom stereocenters. The minimum absolute atomic E-state index is 0.147. The van der Waals surface area contributed by atoms with Gasteiger partial charge in [-0.1, -0.05) is 19.1 Å². The van der Waals surface area contributed by atoms with Crippen molar-refractivity contribution in [3.8, 4) is 0 Å². The molecular formula is C11H11NO5S. The van der Waals surface area contributed by atoms with Crippen LogP contribution in [0.3, 0.4) is 0 Å². The molecule has 2 amide bonds. The smallest absolute Gasteiger partial charge is 0.266 e. The highest BCUT2D eigenvalue weighted by molar-refractivity contribution is 7.86. The minimum Gasteiger partial charge on any atom is -0.266 e. The van der Waals surface area contributed by atoms with Crippen LogP contribution >= 0.6 is 0 Å². The fraction of sp³-hybridized carbons (Fsp3) is 0.273. The molecule has 0 fully saturated rings. The molecule has 0 saturated heterocycles. The van der Waals surface area contributed by atoms with Crippen molar-refractivity contribution < 1.29 is 22.3 Å². The first-order chi connectivity index (χ1) is 8.46. The molecule has 18 heavy (non-hydrogen) atoms. The third kappa shape index (κ3) is 2.14. The summed E-state index contributed by atoms with van der Waals surface area (Å²) < 4.78 is 27.5. The second kappa shape index (κ2) is 4.51. The normalized spacial score (nSPS) is 15.1. The van der Waals surface area contributed by atoms with Gasteiger partial charge in [0.1, 0.15) is 0 Å². The van der Waals surface area contributed by atoms with E-state index in [1.807, 2.05) is 0 Å². The van der Waals surface area contributed by atoms with Crippen LogP contribution in [-0.2, 0) is 14.4 Å². The SMILES string of the molecule is CCCS(=O)(=O)ON1C(=O)c2ccccc2C1=O. The van der Waals surface area contributed by atoms with Crippen molar-refractivity contribution in [2.24, 2.45) is 0 Å². The first-order valence-electron chi connectivity index (χ1n) is 5.36. The van der Waals surface area contributed by atoms with E-state index in [0.717, 1.165) is 0 Å². The molecule has 1 aromatic rings. The maximum absolute atomic E-state index is 11.8. The molecule has 96 valence electrons. The van der Waals surface area contributed by atoms with Crippen molar-refractivity contribution in [2.45, 2.75) is 13.3 Å². The van der Waals surface area contributed by atoms with Crippen molar-refractivity contribution in [1.82, 2.24) is 5.06 Å². The van der Waals surface area contributed by atoms with E-state index in [2.05, 4.69) is 4.28 Å². The minimum atomic E-state index is -3.91. The lowest BCUT2D eigenvalue weighted by Gasteiger charge is -2.12. The lowest BCUT2D eigenvalue weighted by atomic mass is 10.1. The van der Waals surface area contributed by atoms with E-state index < -0.39 is 21.9 Å². The largest absolute Gasteiger partial charge is 0.288 e. The Morgan fingerprint density at radius 3 is 2.06 bits per heavy atom. The zero-order valence-electron chi connectivity index (χ0n) is 9.62. The van der Waals surface area contributed by atoms with Gasteiger partial charge in [-0.3, -0.25) is 9.59 Å². The number of benzene rings is 1. The van der Waals surface area contributed by atoms with Gasteiger partial charge in [0.15, 0.2) is 0 Å². The van der Waals surface area contributed by atoms with Gasteiger partial charge in [-0.25, -0.2) is 0 Å². The highest BCUT2D eigenvalue weighted by atomic mass is 32.2. The van der Waals surface area contributed by atoms with Gasteiger partial charge >= 0.3 is 0 Å². The summed E-state index contributed by atoms with van der Waals surface area (Å²) in [6.07, 6.45) is 0.339. The van der Waals surface area contributed by atoms with Crippen LogP contribution in [0.1, 0.15) is 34.1 Å². The van der Waals surface area contributed by atoms with Crippen molar-refractivity contribution in [1.29, 1.82) is 0 Å². The molecule has 0 aromatic heterocycles. The molecular weight excluding hydrogens is 258 g/mol. The second-order valence-electron chi connectivity index (χ2n) is 3.79. The van der Waals surface area contributed by atoms with E-state index in [-0.39, 0.29) is 16.9 Å².